The number of aromatic amines is 2. The molecule has 0 radical (unpaired) electrons. The van der Waals surface area contributed by atoms with Crippen LogP contribution in [0.25, 0.3) is 22.6 Å². The van der Waals surface area contributed by atoms with E-state index >= 15 is 0 Å². The molecule has 0 atom stereocenters. The number of nitrogens with one attached hydrogen (secondary N) is 3. The van der Waals surface area contributed by atoms with Crippen molar-refractivity contribution in [2.45, 2.75) is 6.42 Å². The van der Waals surface area contributed by atoms with Gasteiger partial charge in [0.25, 0.3) is 0 Å². The molecular weight excluding hydrogens is 514 g/mol. The molecule has 206 valence electrons. The fourth-order valence-corrected chi connectivity index (χ4v) is 4.37. The van der Waals surface area contributed by atoms with Crippen molar-refractivity contribution in [3.8, 4) is 29.0 Å². The zero-order valence-corrected chi connectivity index (χ0v) is 22.2. The molecule has 1 aliphatic rings. The first-order valence-electron chi connectivity index (χ1n) is 12.9. The first-order chi connectivity index (χ1) is 19.7. The molecule has 6 rings (SSSR count). The van der Waals surface area contributed by atoms with E-state index in [1.54, 1.807) is 14.2 Å². The van der Waals surface area contributed by atoms with Crippen LogP contribution in [0, 0.1) is 0 Å². The molecule has 0 bridgehead atoms. The molecule has 1 aliphatic heterocycles. The highest BCUT2D eigenvalue weighted by atomic mass is 16.5. The number of benzene rings is 2. The van der Waals surface area contributed by atoms with Crippen molar-refractivity contribution < 1.29 is 18.9 Å². The van der Waals surface area contributed by atoms with E-state index in [2.05, 4.69) is 40.4 Å². The molecular formula is C27H29N9O4. The lowest BCUT2D eigenvalue weighted by Crippen LogP contribution is -2.37. The highest BCUT2D eigenvalue weighted by Gasteiger charge is 2.18. The van der Waals surface area contributed by atoms with Crippen LogP contribution in [0.2, 0.25) is 0 Å². The highest BCUT2D eigenvalue weighted by Crippen LogP contribution is 2.28. The van der Waals surface area contributed by atoms with Crippen LogP contribution in [0.3, 0.4) is 0 Å². The van der Waals surface area contributed by atoms with Gasteiger partial charge in [0.15, 0.2) is 23.1 Å². The molecule has 3 aromatic heterocycles. The van der Waals surface area contributed by atoms with Gasteiger partial charge in [-0.1, -0.05) is 18.2 Å². The molecule has 1 fully saturated rings. The summed E-state index contributed by atoms with van der Waals surface area (Å²) in [5.41, 5.74) is 3.59. The van der Waals surface area contributed by atoms with Crippen molar-refractivity contribution in [1.29, 1.82) is 0 Å². The smallest absolute Gasteiger partial charge is 0.323 e. The van der Waals surface area contributed by atoms with Crippen LogP contribution in [0.5, 0.6) is 17.5 Å². The Morgan fingerprint density at radius 3 is 2.62 bits per heavy atom. The van der Waals surface area contributed by atoms with E-state index in [4.69, 9.17) is 18.9 Å². The van der Waals surface area contributed by atoms with E-state index in [1.165, 1.54) is 0 Å². The summed E-state index contributed by atoms with van der Waals surface area (Å²) in [6.45, 7) is 2.91. The maximum Gasteiger partial charge on any atom is 0.323 e. The number of hydrogen-bond donors (Lipinski definition) is 3. The van der Waals surface area contributed by atoms with Crippen LogP contribution in [-0.2, 0) is 11.2 Å². The van der Waals surface area contributed by atoms with Crippen LogP contribution in [-0.4, -0.2) is 82.2 Å². The van der Waals surface area contributed by atoms with Crippen LogP contribution in [0.4, 0.5) is 17.7 Å². The second kappa shape index (κ2) is 11.5. The van der Waals surface area contributed by atoms with E-state index in [-0.39, 0.29) is 6.01 Å². The zero-order valence-electron chi connectivity index (χ0n) is 22.2. The van der Waals surface area contributed by atoms with Gasteiger partial charge in [0.05, 0.1) is 45.1 Å². The Morgan fingerprint density at radius 1 is 0.950 bits per heavy atom. The van der Waals surface area contributed by atoms with Gasteiger partial charge in [0.1, 0.15) is 5.69 Å². The molecule has 2 aromatic carbocycles. The minimum Gasteiger partial charge on any atom is -0.493 e. The molecule has 0 unspecified atom stereocenters. The van der Waals surface area contributed by atoms with E-state index in [1.807, 2.05) is 53.4 Å². The maximum atomic E-state index is 5.98. The molecule has 4 heterocycles. The highest BCUT2D eigenvalue weighted by molar-refractivity contribution is 5.79. The zero-order chi connectivity index (χ0) is 27.3. The van der Waals surface area contributed by atoms with Crippen molar-refractivity contribution >= 4 is 28.7 Å². The van der Waals surface area contributed by atoms with Gasteiger partial charge in [0, 0.05) is 25.6 Å². The lowest BCUT2D eigenvalue weighted by atomic mass is 10.1. The van der Waals surface area contributed by atoms with Crippen LogP contribution < -0.4 is 24.4 Å². The Balaban J connectivity index is 1.19. The maximum absolute atomic E-state index is 5.98. The number of fused-ring (bicyclic) bond motifs is 1. The fraction of sp³-hybridized carbons (Fsp3) is 0.296. The summed E-state index contributed by atoms with van der Waals surface area (Å²) in [5, 5.41) is 10.5. The summed E-state index contributed by atoms with van der Waals surface area (Å²) in [7, 11) is 3.23. The van der Waals surface area contributed by atoms with Crippen molar-refractivity contribution in [2.75, 3.05) is 57.3 Å². The quantitative estimate of drug-likeness (QED) is 0.238. The molecule has 1 saturated heterocycles. The van der Waals surface area contributed by atoms with Crippen LogP contribution in [0.1, 0.15) is 5.56 Å². The van der Waals surface area contributed by atoms with Crippen molar-refractivity contribution in [3.05, 3.63) is 54.1 Å². The van der Waals surface area contributed by atoms with E-state index in [0.29, 0.717) is 74.4 Å². The SMILES string of the molecule is COc1ccc(CCOc2nc(Nc3cc(-c4nc5ccccc5[nH]4)[nH]n3)nc(N3CCOCC3)n2)cc1OC. The number of imidazole rings is 1. The summed E-state index contributed by atoms with van der Waals surface area (Å²) in [5.74, 6) is 3.39. The summed E-state index contributed by atoms with van der Waals surface area (Å²) in [4.78, 5) is 23.7. The number of methoxy groups -OCH3 is 2. The number of aromatic nitrogens is 7. The van der Waals surface area contributed by atoms with Crippen molar-refractivity contribution in [1.82, 2.24) is 35.1 Å². The first kappa shape index (κ1) is 25.4. The number of nitrogens with zero attached hydrogens (tertiary/aromatic N) is 6. The lowest BCUT2D eigenvalue weighted by Gasteiger charge is -2.26. The Hall–Kier alpha value is -4.91. The third-order valence-corrected chi connectivity index (χ3v) is 6.43. The Labute approximate surface area is 229 Å². The van der Waals surface area contributed by atoms with Gasteiger partial charge in [-0.05, 0) is 29.8 Å². The number of para-hydroxylation sites is 2. The number of rotatable bonds is 10. The number of anilines is 3. The molecule has 3 N–H and O–H groups in total. The Bertz CT molecular complexity index is 1560. The number of hydrogen-bond acceptors (Lipinski definition) is 11. The van der Waals surface area contributed by atoms with Crippen molar-refractivity contribution in [2.24, 2.45) is 0 Å². The van der Waals surface area contributed by atoms with E-state index < -0.39 is 0 Å². The second-order valence-electron chi connectivity index (χ2n) is 9.02. The molecule has 13 nitrogen and oxygen atoms in total. The van der Waals surface area contributed by atoms with Crippen LogP contribution in [0.15, 0.2) is 48.5 Å². The minimum atomic E-state index is 0.215. The Morgan fingerprint density at radius 2 is 1.80 bits per heavy atom. The summed E-state index contributed by atoms with van der Waals surface area (Å²) in [6, 6.07) is 15.7. The number of H-pyrrole nitrogens is 2. The van der Waals surface area contributed by atoms with Gasteiger partial charge in [-0.3, -0.25) is 5.10 Å². The van der Waals surface area contributed by atoms with Gasteiger partial charge in [-0.2, -0.15) is 20.1 Å². The Kier molecular flexibility index (Phi) is 7.26. The monoisotopic (exact) mass is 543 g/mol. The molecule has 0 spiro atoms. The topological polar surface area (TPSA) is 148 Å². The minimum absolute atomic E-state index is 0.215. The third kappa shape index (κ3) is 5.59. The van der Waals surface area contributed by atoms with Gasteiger partial charge < -0.3 is 34.1 Å². The number of morpholine rings is 1. The van der Waals surface area contributed by atoms with Gasteiger partial charge in [0.2, 0.25) is 11.9 Å². The third-order valence-electron chi connectivity index (χ3n) is 6.43. The largest absolute Gasteiger partial charge is 0.493 e. The molecule has 13 heteroatoms. The standard InChI is InChI=1S/C27H29N9O4/c1-37-21-8-7-17(15-22(21)38-2)9-12-40-27-32-25(31-26(33-27)36-10-13-39-14-11-36)30-23-16-20(34-35-23)24-28-18-5-3-4-6-19(18)29-24/h3-8,15-16H,9-14H2,1-2H3,(H,28,29)(H2,30,31,32,33,34,35). The molecule has 0 amide bonds. The van der Waals surface area contributed by atoms with Gasteiger partial charge in [-0.25, -0.2) is 4.98 Å². The summed E-state index contributed by atoms with van der Waals surface area (Å²) >= 11 is 0. The predicted octanol–water partition coefficient (Wildman–Crippen LogP) is 3.36. The molecule has 0 saturated carbocycles. The number of ether oxygens (including phenoxy) is 4. The van der Waals surface area contributed by atoms with Gasteiger partial charge >= 0.3 is 6.01 Å². The fourth-order valence-electron chi connectivity index (χ4n) is 4.37. The van der Waals surface area contributed by atoms with Crippen molar-refractivity contribution in [3.63, 3.8) is 0 Å². The summed E-state index contributed by atoms with van der Waals surface area (Å²) in [6.07, 6.45) is 0.627. The van der Waals surface area contributed by atoms with E-state index in [9.17, 15) is 0 Å². The second-order valence-corrected chi connectivity index (χ2v) is 9.02. The normalized spacial score (nSPS) is 13.4. The predicted molar refractivity (Wildman–Crippen MR) is 149 cm³/mol. The molecule has 40 heavy (non-hydrogen) atoms. The summed E-state index contributed by atoms with van der Waals surface area (Å²) < 4.78 is 22.2. The van der Waals surface area contributed by atoms with Crippen LogP contribution >= 0.6 is 0 Å². The average Bonchev–Trinajstić information content (AvgIpc) is 3.64. The van der Waals surface area contributed by atoms with Gasteiger partial charge in [-0.15, -0.1) is 0 Å². The van der Waals surface area contributed by atoms with E-state index in [0.717, 1.165) is 22.3 Å². The molecule has 5 aromatic rings. The lowest BCUT2D eigenvalue weighted by molar-refractivity contribution is 0.122. The molecule has 0 aliphatic carbocycles. The average molecular weight is 544 g/mol. The first-order valence-corrected chi connectivity index (χ1v) is 12.9.